The molecule has 0 bridgehead atoms. The van der Waals surface area contributed by atoms with Crippen LogP contribution in [0.25, 0.3) is 0 Å². The van der Waals surface area contributed by atoms with E-state index in [0.29, 0.717) is 5.88 Å². The normalized spacial score (nSPS) is 14.0. The molecule has 2 atom stereocenters. The second kappa shape index (κ2) is 6.41. The first kappa shape index (κ1) is 15.7. The predicted molar refractivity (Wildman–Crippen MR) is 84.7 cm³/mol. The molecule has 114 valence electrons. The van der Waals surface area contributed by atoms with Gasteiger partial charge in [-0.3, -0.25) is 15.4 Å². The molecule has 6 heteroatoms. The molecule has 5 nitrogen and oxygen atoms in total. The van der Waals surface area contributed by atoms with Crippen molar-refractivity contribution in [1.82, 2.24) is 10.5 Å². The zero-order chi connectivity index (χ0) is 15.6. The summed E-state index contributed by atoms with van der Waals surface area (Å²) in [5.74, 6) is 0.240. The minimum atomic E-state index is -0.329. The highest BCUT2D eigenvalue weighted by atomic mass is 32.1. The topological polar surface area (TPSA) is 67.2 Å². The third kappa shape index (κ3) is 3.92. The Labute approximate surface area is 128 Å². The smallest absolute Gasteiger partial charge is 0.243 e. The van der Waals surface area contributed by atoms with Crippen LogP contribution < -0.4 is 10.6 Å². The van der Waals surface area contributed by atoms with E-state index in [1.54, 1.807) is 17.4 Å². The number of aryl methyl sites for hydroxylation is 3. The van der Waals surface area contributed by atoms with Gasteiger partial charge in [0.25, 0.3) is 0 Å². The molecule has 0 aromatic carbocycles. The van der Waals surface area contributed by atoms with Gasteiger partial charge in [0.2, 0.25) is 11.8 Å². The van der Waals surface area contributed by atoms with Crippen LogP contribution in [0.4, 0.5) is 5.88 Å². The van der Waals surface area contributed by atoms with Crippen LogP contribution in [0.5, 0.6) is 0 Å². The summed E-state index contributed by atoms with van der Waals surface area (Å²) in [6.45, 7) is 9.91. The van der Waals surface area contributed by atoms with E-state index in [-0.39, 0.29) is 18.0 Å². The summed E-state index contributed by atoms with van der Waals surface area (Å²) in [4.78, 5) is 14.7. The van der Waals surface area contributed by atoms with Crippen molar-refractivity contribution in [2.45, 2.75) is 46.7 Å². The summed E-state index contributed by atoms with van der Waals surface area (Å²) in [6.07, 6.45) is 0. The zero-order valence-corrected chi connectivity index (χ0v) is 13.8. The average molecular weight is 307 g/mol. The molecule has 0 aliphatic heterocycles. The predicted octanol–water partition coefficient (Wildman–Crippen LogP) is 3.34. The van der Waals surface area contributed by atoms with Crippen LogP contribution in [0.3, 0.4) is 0 Å². The Hall–Kier alpha value is -1.66. The molecule has 0 unspecified atom stereocenters. The van der Waals surface area contributed by atoms with Gasteiger partial charge in [-0.05, 0) is 46.2 Å². The van der Waals surface area contributed by atoms with E-state index in [1.807, 2.05) is 13.8 Å². The summed E-state index contributed by atoms with van der Waals surface area (Å²) < 4.78 is 4.99. The molecule has 2 aromatic rings. The van der Waals surface area contributed by atoms with Crippen molar-refractivity contribution >= 4 is 23.1 Å². The summed E-state index contributed by atoms with van der Waals surface area (Å²) in [6, 6.07) is 3.65. The molecule has 1 amide bonds. The lowest BCUT2D eigenvalue weighted by Gasteiger charge is -2.19. The van der Waals surface area contributed by atoms with Crippen molar-refractivity contribution in [2.24, 2.45) is 0 Å². The number of rotatable bonds is 5. The number of hydrogen-bond acceptors (Lipinski definition) is 5. The molecule has 0 aliphatic carbocycles. The minimum Gasteiger partial charge on any atom is -0.338 e. The summed E-state index contributed by atoms with van der Waals surface area (Å²) in [5.41, 5.74) is 1.98. The zero-order valence-electron chi connectivity index (χ0n) is 13.0. The SMILES string of the molecule is Cc1cc(NC(=O)[C@@H](C)N[C@H](C)c2cc(C)sc2C)on1. The van der Waals surface area contributed by atoms with Crippen molar-refractivity contribution in [3.8, 4) is 0 Å². The molecular weight excluding hydrogens is 286 g/mol. The maximum absolute atomic E-state index is 12.1. The molecule has 0 spiro atoms. The van der Waals surface area contributed by atoms with Gasteiger partial charge >= 0.3 is 0 Å². The van der Waals surface area contributed by atoms with Gasteiger partial charge in [0.05, 0.1) is 11.7 Å². The van der Waals surface area contributed by atoms with Crippen molar-refractivity contribution in [2.75, 3.05) is 5.32 Å². The van der Waals surface area contributed by atoms with Gasteiger partial charge in [0, 0.05) is 21.9 Å². The Morgan fingerprint density at radius 2 is 2.00 bits per heavy atom. The van der Waals surface area contributed by atoms with Crippen molar-refractivity contribution in [3.05, 3.63) is 33.1 Å². The van der Waals surface area contributed by atoms with Gasteiger partial charge in [-0.15, -0.1) is 11.3 Å². The van der Waals surface area contributed by atoms with Gasteiger partial charge in [0.1, 0.15) is 0 Å². The second-order valence-corrected chi connectivity index (χ2v) is 6.76. The van der Waals surface area contributed by atoms with Crippen LogP contribution >= 0.6 is 11.3 Å². The van der Waals surface area contributed by atoms with E-state index >= 15 is 0 Å². The van der Waals surface area contributed by atoms with Crippen LogP contribution in [0, 0.1) is 20.8 Å². The van der Waals surface area contributed by atoms with Crippen LogP contribution in [0.2, 0.25) is 0 Å². The largest absolute Gasteiger partial charge is 0.338 e. The van der Waals surface area contributed by atoms with E-state index in [2.05, 4.69) is 42.6 Å². The highest BCUT2D eigenvalue weighted by molar-refractivity contribution is 7.12. The molecule has 2 rings (SSSR count). The van der Waals surface area contributed by atoms with Gasteiger partial charge in [-0.25, -0.2) is 0 Å². The first-order chi connectivity index (χ1) is 9.86. The average Bonchev–Trinajstić information content (AvgIpc) is 2.95. The molecule has 0 saturated carbocycles. The van der Waals surface area contributed by atoms with Crippen LogP contribution in [-0.4, -0.2) is 17.1 Å². The van der Waals surface area contributed by atoms with E-state index in [1.165, 1.54) is 15.3 Å². The van der Waals surface area contributed by atoms with Crippen molar-refractivity contribution in [3.63, 3.8) is 0 Å². The maximum atomic E-state index is 12.1. The third-order valence-corrected chi connectivity index (χ3v) is 4.30. The van der Waals surface area contributed by atoms with Crippen LogP contribution in [0.15, 0.2) is 16.7 Å². The minimum absolute atomic E-state index is 0.118. The van der Waals surface area contributed by atoms with E-state index < -0.39 is 0 Å². The number of nitrogens with zero attached hydrogens (tertiary/aromatic N) is 1. The number of aromatic nitrogens is 1. The Bertz CT molecular complexity index is 633. The summed E-state index contributed by atoms with van der Waals surface area (Å²) >= 11 is 1.77. The standard InChI is InChI=1S/C15H21N3O2S/c1-8-6-14(20-18-8)17-15(19)11(4)16-10(3)13-7-9(2)21-12(13)5/h6-7,10-11,16H,1-5H3,(H,17,19)/t10-,11-/m1/s1. The second-order valence-electron chi connectivity index (χ2n) is 5.30. The lowest BCUT2D eigenvalue weighted by molar-refractivity contribution is -0.118. The molecule has 2 N–H and O–H groups in total. The van der Waals surface area contributed by atoms with Gasteiger partial charge < -0.3 is 4.52 Å². The molecule has 2 aromatic heterocycles. The van der Waals surface area contributed by atoms with Crippen LogP contribution in [-0.2, 0) is 4.79 Å². The van der Waals surface area contributed by atoms with Gasteiger partial charge in [-0.2, -0.15) is 0 Å². The lowest BCUT2D eigenvalue weighted by Crippen LogP contribution is -2.39. The quantitative estimate of drug-likeness (QED) is 0.889. The maximum Gasteiger partial charge on any atom is 0.243 e. The summed E-state index contributed by atoms with van der Waals surface area (Å²) in [7, 11) is 0. The highest BCUT2D eigenvalue weighted by Crippen LogP contribution is 2.26. The number of amides is 1. The Kier molecular flexibility index (Phi) is 4.80. The molecule has 0 radical (unpaired) electrons. The number of carbonyl (C=O) groups is 1. The van der Waals surface area contributed by atoms with E-state index in [0.717, 1.165) is 5.69 Å². The number of nitrogens with one attached hydrogen (secondary N) is 2. The van der Waals surface area contributed by atoms with Crippen molar-refractivity contribution < 1.29 is 9.32 Å². The molecule has 0 aliphatic rings. The third-order valence-electron chi connectivity index (χ3n) is 3.31. The Morgan fingerprint density at radius 1 is 1.29 bits per heavy atom. The molecule has 0 saturated heterocycles. The van der Waals surface area contributed by atoms with Crippen LogP contribution in [0.1, 0.15) is 40.9 Å². The Morgan fingerprint density at radius 3 is 2.52 bits per heavy atom. The fourth-order valence-corrected chi connectivity index (χ4v) is 3.30. The highest BCUT2D eigenvalue weighted by Gasteiger charge is 2.19. The van der Waals surface area contributed by atoms with Gasteiger partial charge in [-0.1, -0.05) is 5.16 Å². The molecule has 21 heavy (non-hydrogen) atoms. The summed E-state index contributed by atoms with van der Waals surface area (Å²) in [5, 5.41) is 9.76. The monoisotopic (exact) mass is 307 g/mol. The first-order valence-corrected chi connectivity index (χ1v) is 7.75. The first-order valence-electron chi connectivity index (χ1n) is 6.94. The molecular formula is C15H21N3O2S. The fourth-order valence-electron chi connectivity index (χ4n) is 2.27. The number of carbonyl (C=O) groups excluding carboxylic acids is 1. The van der Waals surface area contributed by atoms with E-state index in [9.17, 15) is 4.79 Å². The van der Waals surface area contributed by atoms with E-state index in [4.69, 9.17) is 4.52 Å². The fraction of sp³-hybridized carbons (Fsp3) is 0.467. The van der Waals surface area contributed by atoms with Gasteiger partial charge in [0.15, 0.2) is 0 Å². The molecule has 2 heterocycles. The Balaban J connectivity index is 1.95. The van der Waals surface area contributed by atoms with Crippen molar-refractivity contribution in [1.29, 1.82) is 0 Å². The number of anilines is 1. The number of hydrogen-bond donors (Lipinski definition) is 2. The lowest BCUT2D eigenvalue weighted by atomic mass is 10.1. The number of thiophene rings is 1. The molecule has 0 fully saturated rings.